The van der Waals surface area contributed by atoms with Gasteiger partial charge in [-0.2, -0.15) is 0 Å². The number of nitrogens with two attached hydrogens (primary N) is 1. The number of nitrogens with zero attached hydrogens (tertiary/aromatic N) is 3. The fourth-order valence-corrected chi connectivity index (χ4v) is 2.75. The number of nitrogen functional groups attached to an aromatic ring is 1. The number of hydrogen-bond acceptors (Lipinski definition) is 5. The van der Waals surface area contributed by atoms with Crippen molar-refractivity contribution in [3.05, 3.63) is 5.01 Å². The second-order valence-electron chi connectivity index (χ2n) is 4.40. The molecular formula is C10H16N4OS. The molecule has 1 unspecified atom stereocenters. The summed E-state index contributed by atoms with van der Waals surface area (Å²) in [6.45, 7) is 5.11. The molecule has 16 heavy (non-hydrogen) atoms. The standard InChI is InChI=1S/C10H16N4OS/c1-6(2)7-4-3-5-14(7)9(15)8-12-13-10(11)16-8/h6-7H,3-5H2,1-2H3,(H2,11,13). The third-order valence-electron chi connectivity index (χ3n) is 2.95. The number of carbonyl (C=O) groups excluding carboxylic acids is 1. The first-order valence-corrected chi connectivity index (χ1v) is 6.31. The average Bonchev–Trinajstić information content (AvgIpc) is 2.84. The third kappa shape index (κ3) is 2.02. The Morgan fingerprint density at radius 1 is 1.56 bits per heavy atom. The Balaban J connectivity index is 2.15. The number of anilines is 1. The van der Waals surface area contributed by atoms with E-state index < -0.39 is 0 Å². The van der Waals surface area contributed by atoms with Crippen LogP contribution in [0.3, 0.4) is 0 Å². The average molecular weight is 240 g/mol. The lowest BCUT2D eigenvalue weighted by atomic mass is 10.0. The van der Waals surface area contributed by atoms with Crippen molar-refractivity contribution in [1.82, 2.24) is 15.1 Å². The lowest BCUT2D eigenvalue weighted by Crippen LogP contribution is -2.38. The van der Waals surface area contributed by atoms with Gasteiger partial charge in [-0.25, -0.2) is 0 Å². The van der Waals surface area contributed by atoms with Crippen molar-refractivity contribution in [2.45, 2.75) is 32.7 Å². The molecule has 0 aromatic carbocycles. The van der Waals surface area contributed by atoms with Gasteiger partial charge in [-0.1, -0.05) is 25.2 Å². The highest BCUT2D eigenvalue weighted by atomic mass is 32.1. The molecule has 6 heteroatoms. The predicted molar refractivity (Wildman–Crippen MR) is 63.2 cm³/mol. The SMILES string of the molecule is CC(C)C1CCCN1C(=O)c1nnc(N)s1. The first kappa shape index (κ1) is 11.3. The second kappa shape index (κ2) is 4.37. The molecule has 88 valence electrons. The quantitative estimate of drug-likeness (QED) is 0.847. The van der Waals surface area contributed by atoms with Crippen LogP contribution in [0, 0.1) is 5.92 Å². The largest absolute Gasteiger partial charge is 0.374 e. The summed E-state index contributed by atoms with van der Waals surface area (Å²) in [6, 6.07) is 0.331. The van der Waals surface area contributed by atoms with Crippen molar-refractivity contribution in [3.8, 4) is 0 Å². The van der Waals surface area contributed by atoms with Gasteiger partial charge in [0.2, 0.25) is 10.1 Å². The molecule has 0 radical (unpaired) electrons. The van der Waals surface area contributed by atoms with Crippen molar-refractivity contribution in [1.29, 1.82) is 0 Å². The third-order valence-corrected chi connectivity index (χ3v) is 3.69. The van der Waals surface area contributed by atoms with Crippen molar-refractivity contribution < 1.29 is 4.79 Å². The fraction of sp³-hybridized carbons (Fsp3) is 0.700. The van der Waals surface area contributed by atoms with Gasteiger partial charge in [0, 0.05) is 12.6 Å². The zero-order valence-corrected chi connectivity index (χ0v) is 10.3. The van der Waals surface area contributed by atoms with Gasteiger partial charge < -0.3 is 10.6 Å². The summed E-state index contributed by atoms with van der Waals surface area (Å²) in [5, 5.41) is 8.24. The normalized spacial score (nSPS) is 20.7. The summed E-state index contributed by atoms with van der Waals surface area (Å²) in [7, 11) is 0. The van der Waals surface area contributed by atoms with E-state index in [1.165, 1.54) is 0 Å². The van der Waals surface area contributed by atoms with Gasteiger partial charge in [0.1, 0.15) is 0 Å². The van der Waals surface area contributed by atoms with Crippen LogP contribution in [0.1, 0.15) is 36.5 Å². The summed E-state index contributed by atoms with van der Waals surface area (Å²) in [5.74, 6) is 0.460. The maximum Gasteiger partial charge on any atom is 0.285 e. The van der Waals surface area contributed by atoms with Gasteiger partial charge in [-0.05, 0) is 18.8 Å². The maximum atomic E-state index is 12.2. The van der Waals surface area contributed by atoms with Crippen LogP contribution in [0.2, 0.25) is 0 Å². The van der Waals surface area contributed by atoms with E-state index in [1.807, 2.05) is 4.90 Å². The number of rotatable bonds is 2. The molecule has 5 nitrogen and oxygen atoms in total. The molecule has 1 fully saturated rings. The molecule has 0 aliphatic carbocycles. The summed E-state index contributed by atoms with van der Waals surface area (Å²) in [6.07, 6.45) is 2.15. The van der Waals surface area contributed by atoms with E-state index in [4.69, 9.17) is 5.73 Å². The molecule has 1 aliphatic rings. The molecule has 1 atom stereocenters. The molecule has 0 saturated carbocycles. The highest BCUT2D eigenvalue weighted by Gasteiger charge is 2.32. The number of amides is 1. The van der Waals surface area contributed by atoms with Crippen molar-refractivity contribution >= 4 is 22.4 Å². The predicted octanol–water partition coefficient (Wildman–Crippen LogP) is 1.38. The smallest absolute Gasteiger partial charge is 0.285 e. The molecule has 1 amide bonds. The summed E-state index contributed by atoms with van der Waals surface area (Å²) in [4.78, 5) is 14.1. The monoisotopic (exact) mass is 240 g/mol. The Kier molecular flexibility index (Phi) is 3.09. The van der Waals surface area contributed by atoms with E-state index in [0.29, 0.717) is 22.1 Å². The van der Waals surface area contributed by atoms with E-state index in [0.717, 1.165) is 30.7 Å². The van der Waals surface area contributed by atoms with Crippen molar-refractivity contribution in [3.63, 3.8) is 0 Å². The maximum absolute atomic E-state index is 12.2. The van der Waals surface area contributed by atoms with Gasteiger partial charge in [-0.3, -0.25) is 4.79 Å². The Labute approximate surface area is 98.7 Å². The molecule has 1 aromatic heterocycles. The highest BCUT2D eigenvalue weighted by Crippen LogP contribution is 2.26. The van der Waals surface area contributed by atoms with Crippen molar-refractivity contribution in [2.75, 3.05) is 12.3 Å². The van der Waals surface area contributed by atoms with Crippen LogP contribution in [0.25, 0.3) is 0 Å². The van der Waals surface area contributed by atoms with Crippen LogP contribution in [0.4, 0.5) is 5.13 Å². The minimum atomic E-state index is -0.0228. The zero-order valence-electron chi connectivity index (χ0n) is 9.51. The Hall–Kier alpha value is -1.17. The number of likely N-dealkylation sites (tertiary alicyclic amines) is 1. The van der Waals surface area contributed by atoms with Gasteiger partial charge >= 0.3 is 0 Å². The number of carbonyl (C=O) groups is 1. The summed E-state index contributed by atoms with van der Waals surface area (Å²) < 4.78 is 0. The molecule has 2 heterocycles. The van der Waals surface area contributed by atoms with E-state index in [2.05, 4.69) is 24.0 Å². The highest BCUT2D eigenvalue weighted by molar-refractivity contribution is 7.16. The Bertz CT molecular complexity index is 390. The number of aromatic nitrogens is 2. The molecule has 1 saturated heterocycles. The fourth-order valence-electron chi connectivity index (χ4n) is 2.18. The van der Waals surface area contributed by atoms with Crippen LogP contribution < -0.4 is 5.73 Å². The van der Waals surface area contributed by atoms with Crippen LogP contribution >= 0.6 is 11.3 Å². The van der Waals surface area contributed by atoms with Gasteiger partial charge in [0.25, 0.3) is 5.91 Å². The van der Waals surface area contributed by atoms with Crippen LogP contribution in [-0.4, -0.2) is 33.6 Å². The van der Waals surface area contributed by atoms with Crippen LogP contribution in [0.5, 0.6) is 0 Å². The topological polar surface area (TPSA) is 72.1 Å². The molecule has 0 spiro atoms. The molecular weight excluding hydrogens is 224 g/mol. The minimum absolute atomic E-state index is 0.0228. The van der Waals surface area contributed by atoms with E-state index in [9.17, 15) is 4.79 Å². The first-order chi connectivity index (χ1) is 7.59. The molecule has 2 N–H and O–H groups in total. The van der Waals surface area contributed by atoms with E-state index in [1.54, 1.807) is 0 Å². The minimum Gasteiger partial charge on any atom is -0.374 e. The summed E-state index contributed by atoms with van der Waals surface area (Å²) >= 11 is 1.16. The van der Waals surface area contributed by atoms with Crippen molar-refractivity contribution in [2.24, 2.45) is 5.92 Å². The van der Waals surface area contributed by atoms with Crippen LogP contribution in [0.15, 0.2) is 0 Å². The molecule has 1 aromatic rings. The number of hydrogen-bond donors (Lipinski definition) is 1. The van der Waals surface area contributed by atoms with Gasteiger partial charge in [0.05, 0.1) is 0 Å². The lowest BCUT2D eigenvalue weighted by molar-refractivity contribution is 0.0700. The molecule has 2 rings (SSSR count). The summed E-state index contributed by atoms with van der Waals surface area (Å²) in [5.41, 5.74) is 5.48. The Morgan fingerprint density at radius 2 is 2.31 bits per heavy atom. The second-order valence-corrected chi connectivity index (χ2v) is 5.41. The van der Waals surface area contributed by atoms with E-state index >= 15 is 0 Å². The van der Waals surface area contributed by atoms with Gasteiger partial charge in [0.15, 0.2) is 0 Å². The van der Waals surface area contributed by atoms with Gasteiger partial charge in [-0.15, -0.1) is 10.2 Å². The Morgan fingerprint density at radius 3 is 2.88 bits per heavy atom. The van der Waals surface area contributed by atoms with E-state index in [-0.39, 0.29) is 5.91 Å². The van der Waals surface area contributed by atoms with Crippen LogP contribution in [-0.2, 0) is 0 Å². The lowest BCUT2D eigenvalue weighted by Gasteiger charge is -2.26. The first-order valence-electron chi connectivity index (χ1n) is 5.49. The molecule has 0 bridgehead atoms. The molecule has 1 aliphatic heterocycles. The zero-order chi connectivity index (χ0) is 11.7.